The van der Waals surface area contributed by atoms with Crippen LogP contribution in [0.1, 0.15) is 24.7 Å². The zero-order valence-corrected chi connectivity index (χ0v) is 14.3. The largest absolute Gasteiger partial charge is 0.348 e. The fourth-order valence-electron chi connectivity index (χ4n) is 2.27. The van der Waals surface area contributed by atoms with E-state index in [0.29, 0.717) is 23.7 Å². The molecular weight excluding hydrogens is 300 g/mol. The van der Waals surface area contributed by atoms with Gasteiger partial charge in [0.1, 0.15) is 0 Å². The standard InChI is InChI=1S/C15H22N4O2S/c1-5-6-18(9-14(21)17(3)4)8-12-7-13(20)19-11(2)10-22-15(19)16-12/h7,10H,5-6,8-9H2,1-4H3. The molecule has 0 saturated heterocycles. The molecule has 0 N–H and O–H groups in total. The first-order valence-corrected chi connectivity index (χ1v) is 8.19. The van der Waals surface area contributed by atoms with E-state index < -0.39 is 0 Å². The molecule has 2 rings (SSSR count). The molecule has 0 aliphatic carbocycles. The first-order chi connectivity index (χ1) is 10.4. The molecule has 0 radical (unpaired) electrons. The van der Waals surface area contributed by atoms with E-state index in [2.05, 4.69) is 11.9 Å². The van der Waals surface area contributed by atoms with Crippen LogP contribution in [-0.2, 0) is 11.3 Å². The van der Waals surface area contributed by atoms with E-state index in [9.17, 15) is 9.59 Å². The number of nitrogens with zero attached hydrogens (tertiary/aromatic N) is 4. The van der Waals surface area contributed by atoms with Crippen molar-refractivity contribution in [1.29, 1.82) is 0 Å². The molecule has 0 atom stereocenters. The normalized spacial score (nSPS) is 11.3. The summed E-state index contributed by atoms with van der Waals surface area (Å²) in [5, 5.41) is 1.92. The minimum absolute atomic E-state index is 0.0539. The molecule has 0 unspecified atom stereocenters. The van der Waals surface area contributed by atoms with Gasteiger partial charge in [0.2, 0.25) is 5.91 Å². The highest BCUT2D eigenvalue weighted by Gasteiger charge is 2.14. The number of likely N-dealkylation sites (N-methyl/N-ethyl adjacent to an activating group) is 1. The van der Waals surface area contributed by atoms with Gasteiger partial charge in [-0.25, -0.2) is 4.98 Å². The van der Waals surface area contributed by atoms with Crippen LogP contribution in [0.3, 0.4) is 0 Å². The smallest absolute Gasteiger partial charge is 0.259 e. The topological polar surface area (TPSA) is 57.9 Å². The molecule has 0 aromatic carbocycles. The van der Waals surface area contributed by atoms with Crippen molar-refractivity contribution in [2.75, 3.05) is 27.2 Å². The van der Waals surface area contributed by atoms with Gasteiger partial charge in [0, 0.05) is 37.8 Å². The molecule has 1 amide bonds. The summed E-state index contributed by atoms with van der Waals surface area (Å²) in [4.78, 5) is 32.9. The van der Waals surface area contributed by atoms with Crippen LogP contribution in [0, 0.1) is 6.92 Å². The summed E-state index contributed by atoms with van der Waals surface area (Å²) in [6.07, 6.45) is 0.944. The first-order valence-electron chi connectivity index (χ1n) is 7.31. The Hall–Kier alpha value is -1.73. The summed E-state index contributed by atoms with van der Waals surface area (Å²) in [7, 11) is 3.50. The average molecular weight is 322 g/mol. The van der Waals surface area contributed by atoms with Crippen LogP contribution in [0.4, 0.5) is 0 Å². The lowest BCUT2D eigenvalue weighted by atomic mass is 10.3. The first kappa shape index (κ1) is 16.6. The number of rotatable bonds is 6. The predicted molar refractivity (Wildman–Crippen MR) is 88.3 cm³/mol. The summed E-state index contributed by atoms with van der Waals surface area (Å²) in [6.45, 7) is 5.61. The Balaban J connectivity index is 2.22. The van der Waals surface area contributed by atoms with Crippen LogP contribution < -0.4 is 5.56 Å². The second-order valence-electron chi connectivity index (χ2n) is 5.58. The predicted octanol–water partition coefficient (Wildman–Crippen LogP) is 1.36. The van der Waals surface area contributed by atoms with E-state index in [-0.39, 0.29) is 11.5 Å². The molecule has 2 aromatic heterocycles. The van der Waals surface area contributed by atoms with Crippen molar-refractivity contribution in [3.8, 4) is 0 Å². The van der Waals surface area contributed by atoms with Gasteiger partial charge in [-0.3, -0.25) is 18.9 Å². The number of aromatic nitrogens is 2. The van der Waals surface area contributed by atoms with Crippen LogP contribution in [-0.4, -0.2) is 52.3 Å². The van der Waals surface area contributed by atoms with Crippen LogP contribution >= 0.6 is 11.3 Å². The highest BCUT2D eigenvalue weighted by atomic mass is 32.1. The summed E-state index contributed by atoms with van der Waals surface area (Å²) in [6, 6.07) is 1.56. The quantitative estimate of drug-likeness (QED) is 0.806. The second kappa shape index (κ2) is 7.02. The highest BCUT2D eigenvalue weighted by molar-refractivity contribution is 7.15. The summed E-state index contributed by atoms with van der Waals surface area (Å²) < 4.78 is 1.61. The Labute approximate surface area is 134 Å². The van der Waals surface area contributed by atoms with Crippen molar-refractivity contribution >= 4 is 22.2 Å². The lowest BCUT2D eigenvalue weighted by Gasteiger charge is -2.22. The number of carbonyl (C=O) groups excluding carboxylic acids is 1. The van der Waals surface area contributed by atoms with Gasteiger partial charge in [-0.05, 0) is 19.9 Å². The third kappa shape index (κ3) is 3.72. The number of hydrogen-bond donors (Lipinski definition) is 0. The molecule has 0 aliphatic heterocycles. The summed E-state index contributed by atoms with van der Waals surface area (Å²) in [5.41, 5.74) is 1.55. The number of amides is 1. The molecule has 0 aliphatic rings. The van der Waals surface area contributed by atoms with E-state index in [0.717, 1.165) is 18.7 Å². The average Bonchev–Trinajstić information content (AvgIpc) is 2.80. The third-order valence-corrected chi connectivity index (χ3v) is 4.36. The molecule has 22 heavy (non-hydrogen) atoms. The van der Waals surface area contributed by atoms with Gasteiger partial charge in [0.25, 0.3) is 5.56 Å². The molecule has 0 spiro atoms. The SMILES string of the molecule is CCCN(CC(=O)N(C)C)Cc1cc(=O)n2c(C)csc2n1. The van der Waals surface area contributed by atoms with E-state index in [1.54, 1.807) is 29.5 Å². The van der Waals surface area contributed by atoms with Crippen LogP contribution in [0.2, 0.25) is 0 Å². The zero-order chi connectivity index (χ0) is 16.3. The van der Waals surface area contributed by atoms with Gasteiger partial charge >= 0.3 is 0 Å². The number of aryl methyl sites for hydroxylation is 1. The Morgan fingerprint density at radius 1 is 1.41 bits per heavy atom. The fourth-order valence-corrected chi connectivity index (χ4v) is 3.16. The van der Waals surface area contributed by atoms with Crippen molar-refractivity contribution in [2.24, 2.45) is 0 Å². The molecular formula is C15H22N4O2S. The Bertz CT molecular complexity index is 720. The lowest BCUT2D eigenvalue weighted by Crippen LogP contribution is -2.37. The van der Waals surface area contributed by atoms with Gasteiger partial charge in [-0.15, -0.1) is 11.3 Å². The minimum atomic E-state index is -0.0610. The molecule has 120 valence electrons. The van der Waals surface area contributed by atoms with Crippen LogP contribution in [0.5, 0.6) is 0 Å². The minimum Gasteiger partial charge on any atom is -0.348 e. The summed E-state index contributed by atoms with van der Waals surface area (Å²) in [5.74, 6) is 0.0539. The van der Waals surface area contributed by atoms with Crippen LogP contribution in [0.25, 0.3) is 4.96 Å². The maximum absolute atomic E-state index is 12.2. The third-order valence-electron chi connectivity index (χ3n) is 3.41. The van der Waals surface area contributed by atoms with Crippen molar-refractivity contribution in [2.45, 2.75) is 26.8 Å². The van der Waals surface area contributed by atoms with Crippen molar-refractivity contribution in [3.05, 3.63) is 33.2 Å². The number of fused-ring (bicyclic) bond motifs is 1. The van der Waals surface area contributed by atoms with Gasteiger partial charge in [0.15, 0.2) is 4.96 Å². The zero-order valence-electron chi connectivity index (χ0n) is 13.5. The molecule has 7 heteroatoms. The molecule has 0 fully saturated rings. The van der Waals surface area contributed by atoms with Crippen molar-refractivity contribution in [3.63, 3.8) is 0 Å². The van der Waals surface area contributed by atoms with E-state index in [4.69, 9.17) is 0 Å². The van der Waals surface area contributed by atoms with Gasteiger partial charge < -0.3 is 4.90 Å². The maximum atomic E-state index is 12.2. The number of thiazole rings is 1. The Morgan fingerprint density at radius 3 is 2.77 bits per heavy atom. The number of carbonyl (C=O) groups is 1. The molecule has 6 nitrogen and oxygen atoms in total. The van der Waals surface area contributed by atoms with Crippen molar-refractivity contribution in [1.82, 2.24) is 19.2 Å². The van der Waals surface area contributed by atoms with Gasteiger partial charge in [0.05, 0.1) is 12.2 Å². The Morgan fingerprint density at radius 2 is 2.14 bits per heavy atom. The Kier molecular flexibility index (Phi) is 5.31. The van der Waals surface area contributed by atoms with Crippen LogP contribution in [0.15, 0.2) is 16.2 Å². The van der Waals surface area contributed by atoms with Gasteiger partial charge in [-0.1, -0.05) is 6.92 Å². The maximum Gasteiger partial charge on any atom is 0.259 e. The van der Waals surface area contributed by atoms with E-state index >= 15 is 0 Å². The molecule has 2 aromatic rings. The highest BCUT2D eigenvalue weighted by Crippen LogP contribution is 2.12. The molecule has 0 bridgehead atoms. The van der Waals surface area contributed by atoms with Crippen molar-refractivity contribution < 1.29 is 4.79 Å². The van der Waals surface area contributed by atoms with E-state index in [1.807, 2.05) is 17.2 Å². The molecule has 2 heterocycles. The fraction of sp³-hybridized carbons (Fsp3) is 0.533. The monoisotopic (exact) mass is 322 g/mol. The number of hydrogen-bond acceptors (Lipinski definition) is 5. The van der Waals surface area contributed by atoms with Gasteiger partial charge in [-0.2, -0.15) is 0 Å². The molecule has 0 saturated carbocycles. The lowest BCUT2D eigenvalue weighted by molar-refractivity contribution is -0.130. The van der Waals surface area contributed by atoms with E-state index in [1.165, 1.54) is 11.3 Å². The second-order valence-corrected chi connectivity index (χ2v) is 6.42. The summed E-state index contributed by atoms with van der Waals surface area (Å²) >= 11 is 1.46.